The largest absolute Gasteiger partial charge is 0.313 e. The van der Waals surface area contributed by atoms with Crippen molar-refractivity contribution in [2.45, 2.75) is 13.0 Å². The van der Waals surface area contributed by atoms with Crippen LogP contribution in [-0.2, 0) is 0 Å². The maximum atomic E-state index is 4.29. The number of halogens is 2. The molecule has 0 radical (unpaired) electrons. The predicted octanol–water partition coefficient (Wildman–Crippen LogP) is 3.52. The fourth-order valence-electron chi connectivity index (χ4n) is 1.61. The first-order valence-corrected chi connectivity index (χ1v) is 7.16. The fourth-order valence-corrected chi connectivity index (χ4v) is 2.71. The first-order chi connectivity index (χ1) is 8.11. The molecule has 17 heavy (non-hydrogen) atoms. The van der Waals surface area contributed by atoms with Crippen molar-refractivity contribution >= 4 is 38.5 Å². The fraction of sp³-hybridized carbons (Fsp3) is 0.250. The lowest BCUT2D eigenvalue weighted by molar-refractivity contribution is 0.649. The summed E-state index contributed by atoms with van der Waals surface area (Å²) in [5.41, 5.74) is 2.31. The SMILES string of the molecule is CNC(C)c1ccc(-n2cc(I)cn2)cc1Br. The van der Waals surface area contributed by atoms with Crippen LogP contribution in [-0.4, -0.2) is 16.8 Å². The van der Waals surface area contributed by atoms with Gasteiger partial charge in [0.1, 0.15) is 0 Å². The Balaban J connectivity index is 2.37. The Morgan fingerprint density at radius 2 is 2.24 bits per heavy atom. The molecule has 5 heteroatoms. The third-order valence-corrected chi connectivity index (χ3v) is 3.94. The van der Waals surface area contributed by atoms with Crippen molar-refractivity contribution in [1.82, 2.24) is 15.1 Å². The zero-order valence-corrected chi connectivity index (χ0v) is 13.4. The van der Waals surface area contributed by atoms with Gasteiger partial charge in [-0.1, -0.05) is 22.0 Å². The molecule has 1 unspecified atom stereocenters. The molecule has 3 nitrogen and oxygen atoms in total. The van der Waals surface area contributed by atoms with E-state index in [0.717, 1.165) is 13.7 Å². The van der Waals surface area contributed by atoms with Gasteiger partial charge in [0, 0.05) is 16.7 Å². The van der Waals surface area contributed by atoms with Crippen LogP contribution in [0.4, 0.5) is 0 Å². The van der Waals surface area contributed by atoms with Crippen LogP contribution in [0.1, 0.15) is 18.5 Å². The van der Waals surface area contributed by atoms with Crippen molar-refractivity contribution in [2.75, 3.05) is 7.05 Å². The van der Waals surface area contributed by atoms with Crippen LogP contribution in [0, 0.1) is 3.57 Å². The lowest BCUT2D eigenvalue weighted by atomic mass is 10.1. The van der Waals surface area contributed by atoms with Gasteiger partial charge in [-0.2, -0.15) is 5.10 Å². The minimum absolute atomic E-state index is 0.330. The molecule has 2 rings (SSSR count). The molecule has 0 bridgehead atoms. The molecular formula is C12H13BrIN3. The predicted molar refractivity (Wildman–Crippen MR) is 81.5 cm³/mol. The third-order valence-electron chi connectivity index (χ3n) is 2.70. The van der Waals surface area contributed by atoms with Crippen LogP contribution in [0.25, 0.3) is 5.69 Å². The molecule has 0 amide bonds. The Labute approximate surface area is 123 Å². The highest BCUT2D eigenvalue weighted by atomic mass is 127. The van der Waals surface area contributed by atoms with Gasteiger partial charge in [0.15, 0.2) is 0 Å². The van der Waals surface area contributed by atoms with E-state index in [9.17, 15) is 0 Å². The molecule has 0 saturated carbocycles. The average Bonchev–Trinajstić information content (AvgIpc) is 2.75. The van der Waals surface area contributed by atoms with Gasteiger partial charge < -0.3 is 5.32 Å². The van der Waals surface area contributed by atoms with Crippen LogP contribution in [0.2, 0.25) is 0 Å². The van der Waals surface area contributed by atoms with Crippen LogP contribution in [0.15, 0.2) is 35.1 Å². The Morgan fingerprint density at radius 1 is 1.47 bits per heavy atom. The van der Waals surface area contributed by atoms with Crippen molar-refractivity contribution in [2.24, 2.45) is 0 Å². The maximum Gasteiger partial charge on any atom is 0.0657 e. The second kappa shape index (κ2) is 5.49. The minimum Gasteiger partial charge on any atom is -0.313 e. The summed E-state index contributed by atoms with van der Waals surface area (Å²) < 4.78 is 4.11. The van der Waals surface area contributed by atoms with E-state index in [2.05, 4.69) is 74.1 Å². The van der Waals surface area contributed by atoms with E-state index in [1.807, 2.05) is 24.1 Å². The van der Waals surface area contributed by atoms with E-state index in [1.165, 1.54) is 5.56 Å². The summed E-state index contributed by atoms with van der Waals surface area (Å²) in [6.07, 6.45) is 3.85. The summed E-state index contributed by atoms with van der Waals surface area (Å²) in [5, 5.41) is 7.53. The molecule has 1 heterocycles. The lowest BCUT2D eigenvalue weighted by Crippen LogP contribution is -2.13. The Bertz CT molecular complexity index is 524. The molecule has 1 aromatic carbocycles. The topological polar surface area (TPSA) is 29.9 Å². The molecule has 1 N–H and O–H groups in total. The molecule has 2 aromatic rings. The molecule has 0 fully saturated rings. The normalized spacial score (nSPS) is 12.7. The summed E-state index contributed by atoms with van der Waals surface area (Å²) >= 11 is 5.86. The van der Waals surface area contributed by atoms with Crippen molar-refractivity contribution in [1.29, 1.82) is 0 Å². The molecular weight excluding hydrogens is 393 g/mol. The van der Waals surface area contributed by atoms with Crippen molar-refractivity contribution in [3.63, 3.8) is 0 Å². The number of nitrogens with zero attached hydrogens (tertiary/aromatic N) is 2. The summed E-state index contributed by atoms with van der Waals surface area (Å²) in [5.74, 6) is 0. The van der Waals surface area contributed by atoms with Gasteiger partial charge in [0.25, 0.3) is 0 Å². The number of aromatic nitrogens is 2. The Kier molecular flexibility index (Phi) is 4.22. The summed E-state index contributed by atoms with van der Waals surface area (Å²) in [6.45, 7) is 2.14. The smallest absolute Gasteiger partial charge is 0.0657 e. The monoisotopic (exact) mass is 405 g/mol. The van der Waals surface area contributed by atoms with Crippen molar-refractivity contribution in [3.05, 3.63) is 44.2 Å². The molecule has 0 aliphatic heterocycles. The zero-order chi connectivity index (χ0) is 12.4. The van der Waals surface area contributed by atoms with E-state index < -0.39 is 0 Å². The second-order valence-electron chi connectivity index (χ2n) is 3.82. The molecule has 1 aromatic heterocycles. The van der Waals surface area contributed by atoms with Crippen molar-refractivity contribution < 1.29 is 0 Å². The van der Waals surface area contributed by atoms with Gasteiger partial charge in [-0.25, -0.2) is 4.68 Å². The van der Waals surface area contributed by atoms with Crippen LogP contribution in [0.5, 0.6) is 0 Å². The van der Waals surface area contributed by atoms with Crippen LogP contribution < -0.4 is 5.32 Å². The standard InChI is InChI=1S/C12H13BrIN3/c1-8(15-2)11-4-3-10(5-12(11)13)17-7-9(14)6-16-17/h3-8,15H,1-2H3. The summed E-state index contributed by atoms with van der Waals surface area (Å²) in [6, 6.07) is 6.62. The number of benzene rings is 1. The van der Waals surface area contributed by atoms with E-state index in [0.29, 0.717) is 6.04 Å². The number of hydrogen-bond acceptors (Lipinski definition) is 2. The Hall–Kier alpha value is -0.400. The minimum atomic E-state index is 0.330. The molecule has 0 aliphatic carbocycles. The summed E-state index contributed by atoms with van der Waals surface area (Å²) in [4.78, 5) is 0. The van der Waals surface area contributed by atoms with E-state index in [4.69, 9.17) is 0 Å². The van der Waals surface area contributed by atoms with Crippen LogP contribution >= 0.6 is 38.5 Å². The average molecular weight is 406 g/mol. The third kappa shape index (κ3) is 2.89. The molecule has 1 atom stereocenters. The highest BCUT2D eigenvalue weighted by Gasteiger charge is 2.08. The van der Waals surface area contributed by atoms with Gasteiger partial charge in [-0.15, -0.1) is 0 Å². The van der Waals surface area contributed by atoms with Gasteiger partial charge in [0.05, 0.1) is 15.5 Å². The molecule has 0 spiro atoms. The summed E-state index contributed by atoms with van der Waals surface area (Å²) in [7, 11) is 1.96. The quantitative estimate of drug-likeness (QED) is 0.791. The van der Waals surface area contributed by atoms with Gasteiger partial charge in [0.2, 0.25) is 0 Å². The number of nitrogens with one attached hydrogen (secondary N) is 1. The maximum absolute atomic E-state index is 4.29. The number of hydrogen-bond donors (Lipinski definition) is 1. The zero-order valence-electron chi connectivity index (χ0n) is 9.61. The van der Waals surface area contributed by atoms with E-state index >= 15 is 0 Å². The number of rotatable bonds is 3. The first-order valence-electron chi connectivity index (χ1n) is 5.29. The van der Waals surface area contributed by atoms with E-state index in [1.54, 1.807) is 0 Å². The van der Waals surface area contributed by atoms with Gasteiger partial charge in [-0.05, 0) is 54.3 Å². The van der Waals surface area contributed by atoms with E-state index in [-0.39, 0.29) is 0 Å². The van der Waals surface area contributed by atoms with Crippen LogP contribution in [0.3, 0.4) is 0 Å². The van der Waals surface area contributed by atoms with Crippen molar-refractivity contribution in [3.8, 4) is 5.69 Å². The second-order valence-corrected chi connectivity index (χ2v) is 5.92. The van der Waals surface area contributed by atoms with Gasteiger partial charge >= 0.3 is 0 Å². The first kappa shape index (κ1) is 13.0. The molecule has 0 aliphatic rings. The highest BCUT2D eigenvalue weighted by molar-refractivity contribution is 14.1. The highest BCUT2D eigenvalue weighted by Crippen LogP contribution is 2.25. The lowest BCUT2D eigenvalue weighted by Gasteiger charge is -2.13. The Morgan fingerprint density at radius 3 is 2.76 bits per heavy atom. The molecule has 90 valence electrons. The molecule has 0 saturated heterocycles. The van der Waals surface area contributed by atoms with Gasteiger partial charge in [-0.3, -0.25) is 0 Å².